The molecule has 0 saturated carbocycles. The van der Waals surface area contributed by atoms with Gasteiger partial charge in [-0.2, -0.15) is 0 Å². The maximum atomic E-state index is 11.2. The lowest BCUT2D eigenvalue weighted by Crippen LogP contribution is -2.37. The Morgan fingerprint density at radius 1 is 1.67 bits per heavy atom. The molecule has 3 nitrogen and oxygen atoms in total. The molecule has 0 aromatic carbocycles. The number of carbonyl (C=O) groups is 1. The van der Waals surface area contributed by atoms with Crippen molar-refractivity contribution in [3.63, 3.8) is 0 Å². The van der Waals surface area contributed by atoms with Gasteiger partial charge in [-0.1, -0.05) is 20.8 Å². The van der Waals surface area contributed by atoms with E-state index in [0.717, 1.165) is 13.0 Å². The number of hydrogen-bond donors (Lipinski definition) is 0. The van der Waals surface area contributed by atoms with Crippen molar-refractivity contribution in [1.82, 2.24) is 4.90 Å². The Morgan fingerprint density at radius 2 is 2.33 bits per heavy atom. The molecule has 1 amide bonds. The molecule has 3 heteroatoms. The van der Waals surface area contributed by atoms with Gasteiger partial charge in [0.05, 0.1) is 6.04 Å². The number of rotatable bonds is 3. The molecule has 0 bridgehead atoms. The lowest BCUT2D eigenvalue weighted by Gasteiger charge is -2.23. The number of hydrogen-bond acceptors (Lipinski definition) is 2. The topological polar surface area (TPSA) is 29.5 Å². The number of amides is 1. The summed E-state index contributed by atoms with van der Waals surface area (Å²) in [6.45, 7) is 7.70. The molecule has 1 fully saturated rings. The Bertz CT molecular complexity index is 168. The highest BCUT2D eigenvalue weighted by atomic mass is 16.6. The van der Waals surface area contributed by atoms with Crippen LogP contribution in [0.1, 0.15) is 27.2 Å². The van der Waals surface area contributed by atoms with E-state index in [1.165, 1.54) is 0 Å². The van der Waals surface area contributed by atoms with Gasteiger partial charge in [0.2, 0.25) is 0 Å². The molecule has 1 unspecified atom stereocenters. The minimum Gasteiger partial charge on any atom is -0.447 e. The molecule has 0 radical (unpaired) electrons. The lowest BCUT2D eigenvalue weighted by molar-refractivity contribution is 0.156. The molecule has 1 saturated heterocycles. The molecule has 12 heavy (non-hydrogen) atoms. The van der Waals surface area contributed by atoms with Crippen LogP contribution in [0.3, 0.4) is 0 Å². The first kappa shape index (κ1) is 9.36. The van der Waals surface area contributed by atoms with Crippen LogP contribution in [0.2, 0.25) is 0 Å². The molecule has 0 spiro atoms. The Labute approximate surface area is 73.7 Å². The van der Waals surface area contributed by atoms with Crippen molar-refractivity contribution in [3.05, 3.63) is 0 Å². The van der Waals surface area contributed by atoms with Gasteiger partial charge in [0, 0.05) is 6.54 Å². The molecule has 0 aromatic heterocycles. The van der Waals surface area contributed by atoms with E-state index < -0.39 is 0 Å². The van der Waals surface area contributed by atoms with Crippen LogP contribution < -0.4 is 0 Å². The maximum absolute atomic E-state index is 11.2. The zero-order valence-electron chi connectivity index (χ0n) is 8.04. The van der Waals surface area contributed by atoms with Gasteiger partial charge >= 0.3 is 6.09 Å². The maximum Gasteiger partial charge on any atom is 0.410 e. The molecule has 0 aliphatic carbocycles. The number of ether oxygens (including phenoxy) is 1. The van der Waals surface area contributed by atoms with Crippen molar-refractivity contribution in [3.8, 4) is 0 Å². The molecule has 1 aliphatic rings. The van der Waals surface area contributed by atoms with Gasteiger partial charge in [0.15, 0.2) is 0 Å². The van der Waals surface area contributed by atoms with Gasteiger partial charge in [-0.05, 0) is 12.3 Å². The first-order valence-electron chi connectivity index (χ1n) is 4.60. The third-order valence-corrected chi connectivity index (χ3v) is 2.25. The highest BCUT2D eigenvalue weighted by Crippen LogP contribution is 2.19. The highest BCUT2D eigenvalue weighted by molar-refractivity contribution is 5.70. The molecule has 0 aromatic rings. The highest BCUT2D eigenvalue weighted by Gasteiger charge is 2.33. The van der Waals surface area contributed by atoms with Crippen LogP contribution in [0.25, 0.3) is 0 Å². The Hall–Kier alpha value is -0.730. The average molecular weight is 171 g/mol. The van der Waals surface area contributed by atoms with E-state index in [0.29, 0.717) is 12.5 Å². The zero-order chi connectivity index (χ0) is 9.14. The average Bonchev–Trinajstić information content (AvgIpc) is 2.34. The number of nitrogens with zero attached hydrogens (tertiary/aromatic N) is 1. The molecule has 1 rings (SSSR count). The molecular weight excluding hydrogens is 154 g/mol. The van der Waals surface area contributed by atoms with E-state index in [9.17, 15) is 4.79 Å². The molecular formula is C9H17NO2. The summed E-state index contributed by atoms with van der Waals surface area (Å²) in [5, 5.41) is 0. The fraction of sp³-hybridized carbons (Fsp3) is 0.889. The smallest absolute Gasteiger partial charge is 0.410 e. The predicted molar refractivity (Wildman–Crippen MR) is 47.0 cm³/mol. The second-order valence-corrected chi connectivity index (χ2v) is 3.58. The third kappa shape index (κ3) is 1.71. The van der Waals surface area contributed by atoms with Crippen LogP contribution in [0.5, 0.6) is 0 Å². The summed E-state index contributed by atoms with van der Waals surface area (Å²) in [6.07, 6.45) is 0.855. The Kier molecular flexibility index (Phi) is 2.95. The van der Waals surface area contributed by atoms with E-state index in [1.54, 1.807) is 0 Å². The number of carbonyl (C=O) groups excluding carboxylic acids is 1. The minimum atomic E-state index is -0.143. The van der Waals surface area contributed by atoms with Crippen molar-refractivity contribution >= 4 is 6.09 Å². The predicted octanol–water partition coefficient (Wildman–Crippen LogP) is 1.87. The van der Waals surface area contributed by atoms with Crippen LogP contribution in [0.4, 0.5) is 4.79 Å². The standard InChI is InChI=1S/C9H17NO2/c1-4-5-10-8(7(2)3)6-12-9(10)11/h7-8H,4-6H2,1-3H3. The molecule has 0 N–H and O–H groups in total. The van der Waals surface area contributed by atoms with E-state index in [-0.39, 0.29) is 12.1 Å². The SMILES string of the molecule is CCCN1C(=O)OCC1C(C)C. The Morgan fingerprint density at radius 3 is 2.83 bits per heavy atom. The summed E-state index contributed by atoms with van der Waals surface area (Å²) in [7, 11) is 0. The van der Waals surface area contributed by atoms with Crippen molar-refractivity contribution in [2.24, 2.45) is 5.92 Å². The Balaban J connectivity index is 2.57. The molecule has 1 atom stereocenters. The monoisotopic (exact) mass is 171 g/mol. The first-order valence-corrected chi connectivity index (χ1v) is 4.60. The third-order valence-electron chi connectivity index (χ3n) is 2.25. The molecule has 1 heterocycles. The summed E-state index contributed by atoms with van der Waals surface area (Å²) in [6, 6.07) is 0.289. The zero-order valence-corrected chi connectivity index (χ0v) is 8.04. The fourth-order valence-corrected chi connectivity index (χ4v) is 1.52. The lowest BCUT2D eigenvalue weighted by atomic mass is 10.0. The molecule has 1 aliphatic heterocycles. The summed E-state index contributed by atoms with van der Waals surface area (Å²) in [4.78, 5) is 13.0. The van der Waals surface area contributed by atoms with Gasteiger partial charge in [0.25, 0.3) is 0 Å². The summed E-state index contributed by atoms with van der Waals surface area (Å²) < 4.78 is 4.98. The van der Waals surface area contributed by atoms with E-state index in [2.05, 4.69) is 20.8 Å². The second-order valence-electron chi connectivity index (χ2n) is 3.58. The van der Waals surface area contributed by atoms with Crippen LogP contribution in [0, 0.1) is 5.92 Å². The van der Waals surface area contributed by atoms with E-state index >= 15 is 0 Å². The fourth-order valence-electron chi connectivity index (χ4n) is 1.52. The van der Waals surface area contributed by atoms with E-state index in [1.807, 2.05) is 4.90 Å². The van der Waals surface area contributed by atoms with Crippen LogP contribution in [0.15, 0.2) is 0 Å². The number of cyclic esters (lactones) is 1. The normalized spacial score (nSPS) is 23.5. The summed E-state index contributed by atoms with van der Waals surface area (Å²) in [5.74, 6) is 0.489. The van der Waals surface area contributed by atoms with Gasteiger partial charge in [-0.15, -0.1) is 0 Å². The largest absolute Gasteiger partial charge is 0.447 e. The summed E-state index contributed by atoms with van der Waals surface area (Å²) in [5.41, 5.74) is 0. The van der Waals surface area contributed by atoms with Crippen molar-refractivity contribution in [2.75, 3.05) is 13.2 Å². The molecule has 70 valence electrons. The van der Waals surface area contributed by atoms with Gasteiger partial charge in [-0.3, -0.25) is 0 Å². The quantitative estimate of drug-likeness (QED) is 0.648. The van der Waals surface area contributed by atoms with Gasteiger partial charge in [0.1, 0.15) is 6.61 Å². The van der Waals surface area contributed by atoms with Crippen LogP contribution in [-0.4, -0.2) is 30.2 Å². The van der Waals surface area contributed by atoms with Gasteiger partial charge < -0.3 is 9.64 Å². The van der Waals surface area contributed by atoms with Crippen LogP contribution in [-0.2, 0) is 4.74 Å². The minimum absolute atomic E-state index is 0.143. The second kappa shape index (κ2) is 3.78. The van der Waals surface area contributed by atoms with Crippen molar-refractivity contribution in [1.29, 1.82) is 0 Å². The van der Waals surface area contributed by atoms with E-state index in [4.69, 9.17) is 4.74 Å². The van der Waals surface area contributed by atoms with Gasteiger partial charge in [-0.25, -0.2) is 4.79 Å². The van der Waals surface area contributed by atoms with Crippen molar-refractivity contribution in [2.45, 2.75) is 33.2 Å². The first-order chi connectivity index (χ1) is 5.66. The van der Waals surface area contributed by atoms with Crippen LogP contribution >= 0.6 is 0 Å². The summed E-state index contributed by atoms with van der Waals surface area (Å²) >= 11 is 0. The van der Waals surface area contributed by atoms with Crippen molar-refractivity contribution < 1.29 is 9.53 Å².